The molecule has 1 aromatic carbocycles. The van der Waals surface area contributed by atoms with Crippen LogP contribution in [0.4, 0.5) is 18.9 Å². The average molecular weight is 314 g/mol. The number of nitrogens with zero attached hydrogens (tertiary/aromatic N) is 1. The zero-order valence-corrected chi connectivity index (χ0v) is 11.1. The molecule has 1 N–H and O–H groups in total. The van der Waals surface area contributed by atoms with Crippen molar-refractivity contribution in [3.63, 3.8) is 0 Å². The SMILES string of the molecule is Cc1cc(-c2ccc(OC(F)(F)F)cc2)c([N+](=O)[O-])c(=O)[nH]1. The largest absolute Gasteiger partial charge is 0.573 e. The van der Waals surface area contributed by atoms with Gasteiger partial charge in [-0.25, -0.2) is 0 Å². The summed E-state index contributed by atoms with van der Waals surface area (Å²) in [7, 11) is 0. The van der Waals surface area contributed by atoms with E-state index >= 15 is 0 Å². The van der Waals surface area contributed by atoms with Gasteiger partial charge < -0.3 is 9.72 Å². The molecule has 0 bridgehead atoms. The van der Waals surface area contributed by atoms with Crippen LogP contribution >= 0.6 is 0 Å². The number of hydrogen-bond acceptors (Lipinski definition) is 4. The lowest BCUT2D eigenvalue weighted by Crippen LogP contribution is -2.17. The minimum atomic E-state index is -4.83. The molecule has 0 spiro atoms. The summed E-state index contributed by atoms with van der Waals surface area (Å²) >= 11 is 0. The molecule has 0 saturated carbocycles. The standard InChI is InChI=1S/C13H9F3N2O4/c1-7-6-10(11(18(20)21)12(19)17-7)8-2-4-9(5-3-8)22-13(14,15)16/h2-6H,1H3,(H,17,19). The summed E-state index contributed by atoms with van der Waals surface area (Å²) in [6.07, 6.45) is -4.83. The van der Waals surface area contributed by atoms with E-state index in [0.29, 0.717) is 5.69 Å². The van der Waals surface area contributed by atoms with Crippen LogP contribution in [0.5, 0.6) is 5.75 Å². The molecule has 22 heavy (non-hydrogen) atoms. The van der Waals surface area contributed by atoms with Crippen molar-refractivity contribution in [3.8, 4) is 16.9 Å². The molecular formula is C13H9F3N2O4. The Labute approximate surface area is 121 Å². The molecule has 2 aromatic rings. The van der Waals surface area contributed by atoms with E-state index in [0.717, 1.165) is 12.1 Å². The molecule has 9 heteroatoms. The van der Waals surface area contributed by atoms with Crippen LogP contribution in [0.1, 0.15) is 5.69 Å². The van der Waals surface area contributed by atoms with Crippen LogP contribution in [-0.4, -0.2) is 16.3 Å². The first-order valence-corrected chi connectivity index (χ1v) is 5.92. The smallest absolute Gasteiger partial charge is 0.406 e. The van der Waals surface area contributed by atoms with E-state index in [2.05, 4.69) is 9.72 Å². The van der Waals surface area contributed by atoms with Crippen LogP contribution in [0.15, 0.2) is 35.1 Å². The van der Waals surface area contributed by atoms with Crippen LogP contribution in [0.3, 0.4) is 0 Å². The van der Waals surface area contributed by atoms with Gasteiger partial charge in [0.05, 0.1) is 10.5 Å². The number of halogens is 3. The molecule has 0 aliphatic heterocycles. The molecule has 0 amide bonds. The predicted octanol–water partition coefficient (Wildman–Crippen LogP) is 3.16. The minimum absolute atomic E-state index is 0.0183. The van der Waals surface area contributed by atoms with Crippen LogP contribution in [0.2, 0.25) is 0 Å². The average Bonchev–Trinajstić information content (AvgIpc) is 2.36. The van der Waals surface area contributed by atoms with Crippen LogP contribution in [-0.2, 0) is 0 Å². The quantitative estimate of drug-likeness (QED) is 0.696. The first-order valence-electron chi connectivity index (χ1n) is 5.92. The Morgan fingerprint density at radius 3 is 2.32 bits per heavy atom. The minimum Gasteiger partial charge on any atom is -0.406 e. The van der Waals surface area contributed by atoms with E-state index in [1.807, 2.05) is 0 Å². The summed E-state index contributed by atoms with van der Waals surface area (Å²) in [5.74, 6) is -0.458. The van der Waals surface area contributed by atoms with E-state index in [1.54, 1.807) is 0 Å². The van der Waals surface area contributed by atoms with Crippen molar-refractivity contribution >= 4 is 5.69 Å². The first-order chi connectivity index (χ1) is 10.2. The lowest BCUT2D eigenvalue weighted by Gasteiger charge is -2.09. The van der Waals surface area contributed by atoms with Gasteiger partial charge in [0.15, 0.2) is 0 Å². The van der Waals surface area contributed by atoms with Gasteiger partial charge >= 0.3 is 17.6 Å². The number of benzene rings is 1. The predicted molar refractivity (Wildman–Crippen MR) is 70.6 cm³/mol. The van der Waals surface area contributed by atoms with Gasteiger partial charge in [-0.2, -0.15) is 0 Å². The second-order valence-electron chi connectivity index (χ2n) is 4.37. The maximum Gasteiger partial charge on any atom is 0.573 e. The van der Waals surface area contributed by atoms with Gasteiger partial charge in [-0.05, 0) is 30.7 Å². The second kappa shape index (κ2) is 5.51. The van der Waals surface area contributed by atoms with Gasteiger partial charge in [0.25, 0.3) is 0 Å². The highest BCUT2D eigenvalue weighted by Gasteiger charge is 2.31. The molecule has 0 aliphatic carbocycles. The Morgan fingerprint density at radius 2 is 1.82 bits per heavy atom. The third kappa shape index (κ3) is 3.43. The van der Waals surface area contributed by atoms with E-state index in [4.69, 9.17) is 0 Å². The highest BCUT2D eigenvalue weighted by atomic mass is 19.4. The van der Waals surface area contributed by atoms with Gasteiger partial charge in [0, 0.05) is 5.69 Å². The number of aromatic amines is 1. The van der Waals surface area contributed by atoms with Crippen LogP contribution in [0.25, 0.3) is 11.1 Å². The number of nitrogens with one attached hydrogen (secondary N) is 1. The van der Waals surface area contributed by atoms with E-state index < -0.39 is 28.3 Å². The summed E-state index contributed by atoms with van der Waals surface area (Å²) in [6.45, 7) is 1.54. The summed E-state index contributed by atoms with van der Waals surface area (Å²) in [4.78, 5) is 24.1. The lowest BCUT2D eigenvalue weighted by atomic mass is 10.0. The maximum atomic E-state index is 12.1. The fourth-order valence-corrected chi connectivity index (χ4v) is 1.92. The van der Waals surface area contributed by atoms with Crippen molar-refractivity contribution in [2.24, 2.45) is 0 Å². The molecular weight excluding hydrogens is 305 g/mol. The van der Waals surface area contributed by atoms with Crippen molar-refractivity contribution in [3.05, 3.63) is 56.5 Å². The van der Waals surface area contributed by atoms with Crippen molar-refractivity contribution in [2.75, 3.05) is 0 Å². The molecule has 0 fully saturated rings. The van der Waals surface area contributed by atoms with Crippen LogP contribution < -0.4 is 10.3 Å². The molecule has 116 valence electrons. The zero-order chi connectivity index (χ0) is 16.5. The molecule has 2 rings (SSSR count). The lowest BCUT2D eigenvalue weighted by molar-refractivity contribution is -0.385. The molecule has 0 saturated heterocycles. The fourth-order valence-electron chi connectivity index (χ4n) is 1.92. The Morgan fingerprint density at radius 1 is 1.23 bits per heavy atom. The van der Waals surface area contributed by atoms with Gasteiger partial charge in [0.2, 0.25) is 0 Å². The van der Waals surface area contributed by atoms with Gasteiger partial charge in [-0.3, -0.25) is 14.9 Å². The Balaban J connectivity index is 2.49. The number of nitro groups is 1. The summed E-state index contributed by atoms with van der Waals surface area (Å²) in [6, 6.07) is 5.83. The van der Waals surface area contributed by atoms with Crippen molar-refractivity contribution in [1.29, 1.82) is 0 Å². The highest BCUT2D eigenvalue weighted by Crippen LogP contribution is 2.30. The summed E-state index contributed by atoms with van der Waals surface area (Å²) in [5, 5.41) is 11.0. The second-order valence-corrected chi connectivity index (χ2v) is 4.37. The monoisotopic (exact) mass is 314 g/mol. The highest BCUT2D eigenvalue weighted by molar-refractivity contribution is 5.73. The van der Waals surface area contributed by atoms with Crippen molar-refractivity contribution in [1.82, 2.24) is 4.98 Å². The molecule has 1 aromatic heterocycles. The number of hydrogen-bond donors (Lipinski definition) is 1. The van der Waals surface area contributed by atoms with Crippen LogP contribution in [0, 0.1) is 17.0 Å². The number of H-pyrrole nitrogens is 1. The first kappa shape index (κ1) is 15.5. The van der Waals surface area contributed by atoms with E-state index in [-0.39, 0.29) is 11.1 Å². The number of aryl methyl sites for hydroxylation is 1. The normalized spacial score (nSPS) is 11.3. The van der Waals surface area contributed by atoms with E-state index in [1.165, 1.54) is 25.1 Å². The summed E-state index contributed by atoms with van der Waals surface area (Å²) in [5.41, 5.74) is -0.910. The van der Waals surface area contributed by atoms with Crippen molar-refractivity contribution < 1.29 is 22.8 Å². The maximum absolute atomic E-state index is 12.1. The molecule has 0 aliphatic rings. The summed E-state index contributed by atoms with van der Waals surface area (Å²) < 4.78 is 40.0. The number of ether oxygens (including phenoxy) is 1. The molecule has 1 heterocycles. The van der Waals surface area contributed by atoms with Gasteiger partial charge in [-0.1, -0.05) is 12.1 Å². The molecule has 6 nitrogen and oxygen atoms in total. The Hall–Kier alpha value is -2.84. The Kier molecular flexibility index (Phi) is 3.89. The fraction of sp³-hybridized carbons (Fsp3) is 0.154. The number of alkyl halides is 3. The van der Waals surface area contributed by atoms with Gasteiger partial charge in [-0.15, -0.1) is 13.2 Å². The van der Waals surface area contributed by atoms with Gasteiger partial charge in [0.1, 0.15) is 5.75 Å². The van der Waals surface area contributed by atoms with E-state index in [9.17, 15) is 28.1 Å². The van der Waals surface area contributed by atoms with Crippen molar-refractivity contribution in [2.45, 2.75) is 13.3 Å². The Bertz CT molecular complexity index is 766. The number of pyridine rings is 1. The molecule has 0 radical (unpaired) electrons. The third-order valence-corrected chi connectivity index (χ3v) is 2.72. The molecule has 0 atom stereocenters. The zero-order valence-electron chi connectivity index (χ0n) is 11.1. The third-order valence-electron chi connectivity index (χ3n) is 2.72. The number of rotatable bonds is 3. The topological polar surface area (TPSA) is 85.2 Å². The number of aromatic nitrogens is 1. The molecule has 0 unspecified atom stereocenters.